The molecule has 2 N–H and O–H groups in total. The Labute approximate surface area is 105 Å². The van der Waals surface area contributed by atoms with Gasteiger partial charge in [0.1, 0.15) is 6.10 Å². The predicted octanol–water partition coefficient (Wildman–Crippen LogP) is 3.06. The zero-order chi connectivity index (χ0) is 13.0. The second-order valence-corrected chi connectivity index (χ2v) is 5.63. The maximum atomic E-state index is 10.3. The molecule has 0 aromatic heterocycles. The van der Waals surface area contributed by atoms with Crippen LogP contribution in [-0.2, 0) is 0 Å². The second-order valence-electron chi connectivity index (χ2n) is 5.63. The van der Waals surface area contributed by atoms with E-state index in [1.54, 1.807) is 0 Å². The molecule has 0 aromatic carbocycles. The van der Waals surface area contributed by atoms with Crippen LogP contribution in [0.3, 0.4) is 0 Å². The molecule has 0 amide bonds. The van der Waals surface area contributed by atoms with Crippen molar-refractivity contribution < 1.29 is 10.2 Å². The zero-order valence-corrected chi connectivity index (χ0v) is 11.3. The summed E-state index contributed by atoms with van der Waals surface area (Å²) in [7, 11) is 0. The minimum atomic E-state index is -0.769. The minimum Gasteiger partial charge on any atom is -0.390 e. The number of hydrogen-bond donors (Lipinski definition) is 2. The normalized spacial score (nSPS) is 35.5. The SMILES string of the molecule is C=C1CC/C=C(\C)CC[C@@H](C(C)C)[C@H](O)[C@@H]1O. The Morgan fingerprint density at radius 1 is 1.29 bits per heavy atom. The van der Waals surface area contributed by atoms with Gasteiger partial charge in [0.15, 0.2) is 0 Å². The van der Waals surface area contributed by atoms with Crippen LogP contribution >= 0.6 is 0 Å². The first-order valence-corrected chi connectivity index (χ1v) is 6.63. The van der Waals surface area contributed by atoms with E-state index in [0.29, 0.717) is 5.92 Å². The molecule has 0 spiro atoms. The quantitative estimate of drug-likeness (QED) is 0.689. The van der Waals surface area contributed by atoms with Gasteiger partial charge in [0, 0.05) is 0 Å². The number of aliphatic hydroxyl groups is 2. The van der Waals surface area contributed by atoms with E-state index in [-0.39, 0.29) is 5.92 Å². The molecule has 0 saturated carbocycles. The Morgan fingerprint density at radius 3 is 2.53 bits per heavy atom. The van der Waals surface area contributed by atoms with Crippen LogP contribution < -0.4 is 0 Å². The highest BCUT2D eigenvalue weighted by molar-refractivity contribution is 5.10. The summed E-state index contributed by atoms with van der Waals surface area (Å²) in [5.74, 6) is 0.517. The Morgan fingerprint density at radius 2 is 1.94 bits per heavy atom. The number of hydrogen-bond acceptors (Lipinski definition) is 2. The Hall–Kier alpha value is -0.600. The summed E-state index contributed by atoms with van der Waals surface area (Å²) in [5.41, 5.74) is 2.14. The third kappa shape index (κ3) is 3.97. The van der Waals surface area contributed by atoms with Crippen molar-refractivity contribution in [2.24, 2.45) is 11.8 Å². The number of rotatable bonds is 1. The van der Waals surface area contributed by atoms with Crippen molar-refractivity contribution >= 4 is 0 Å². The Kier molecular flexibility index (Phi) is 5.41. The molecule has 0 unspecified atom stereocenters. The van der Waals surface area contributed by atoms with Gasteiger partial charge in [0.05, 0.1) is 6.10 Å². The van der Waals surface area contributed by atoms with Crippen LogP contribution in [0.4, 0.5) is 0 Å². The minimum absolute atomic E-state index is 0.142. The number of allylic oxidation sites excluding steroid dienone is 2. The maximum absolute atomic E-state index is 10.3. The van der Waals surface area contributed by atoms with Crippen molar-refractivity contribution in [2.75, 3.05) is 0 Å². The second kappa shape index (κ2) is 6.36. The van der Waals surface area contributed by atoms with Gasteiger partial charge >= 0.3 is 0 Å². The fourth-order valence-corrected chi connectivity index (χ4v) is 2.52. The van der Waals surface area contributed by atoms with Crippen LogP contribution in [-0.4, -0.2) is 22.4 Å². The molecule has 0 saturated heterocycles. The first kappa shape index (κ1) is 14.5. The molecule has 0 radical (unpaired) electrons. The fourth-order valence-electron chi connectivity index (χ4n) is 2.52. The molecule has 17 heavy (non-hydrogen) atoms. The van der Waals surface area contributed by atoms with Gasteiger partial charge < -0.3 is 10.2 Å². The monoisotopic (exact) mass is 238 g/mol. The summed E-state index contributed by atoms with van der Waals surface area (Å²) < 4.78 is 0. The highest BCUT2D eigenvalue weighted by atomic mass is 16.3. The van der Waals surface area contributed by atoms with Gasteiger partial charge in [-0.3, -0.25) is 0 Å². The zero-order valence-electron chi connectivity index (χ0n) is 11.3. The molecular formula is C15H26O2. The van der Waals surface area contributed by atoms with Gasteiger partial charge in [-0.1, -0.05) is 32.1 Å². The van der Waals surface area contributed by atoms with Crippen molar-refractivity contribution in [3.63, 3.8) is 0 Å². The fraction of sp³-hybridized carbons (Fsp3) is 0.733. The topological polar surface area (TPSA) is 40.5 Å². The highest BCUT2D eigenvalue weighted by Gasteiger charge is 2.30. The van der Waals surface area contributed by atoms with Crippen molar-refractivity contribution in [2.45, 2.75) is 58.7 Å². The van der Waals surface area contributed by atoms with Gasteiger partial charge in [-0.05, 0) is 50.0 Å². The Bertz CT molecular complexity index is 291. The van der Waals surface area contributed by atoms with Gasteiger partial charge in [0.25, 0.3) is 0 Å². The van der Waals surface area contributed by atoms with E-state index >= 15 is 0 Å². The standard InChI is InChI=1S/C15H26O2/c1-10(2)13-9-8-11(3)6-5-7-12(4)14(16)15(13)17/h6,10,13-17H,4-5,7-9H2,1-3H3/b11-6+/t13-,14+,15-/m0/s1. The van der Waals surface area contributed by atoms with Crippen LogP contribution in [0, 0.1) is 11.8 Å². The third-order valence-electron chi connectivity index (χ3n) is 3.87. The molecule has 2 nitrogen and oxygen atoms in total. The molecular weight excluding hydrogens is 212 g/mol. The van der Waals surface area contributed by atoms with Gasteiger partial charge in [-0.2, -0.15) is 0 Å². The van der Waals surface area contributed by atoms with Gasteiger partial charge in [0.2, 0.25) is 0 Å². The lowest BCUT2D eigenvalue weighted by Gasteiger charge is -2.31. The van der Waals surface area contributed by atoms with Gasteiger partial charge in [-0.25, -0.2) is 0 Å². The summed E-state index contributed by atoms with van der Waals surface area (Å²) in [6, 6.07) is 0. The van der Waals surface area contributed by atoms with E-state index in [1.807, 2.05) is 0 Å². The van der Waals surface area contributed by atoms with Crippen molar-refractivity contribution in [1.82, 2.24) is 0 Å². The van der Waals surface area contributed by atoms with Crippen molar-refractivity contribution in [3.05, 3.63) is 23.8 Å². The summed E-state index contributed by atoms with van der Waals surface area (Å²) in [6.45, 7) is 10.3. The lowest BCUT2D eigenvalue weighted by Crippen LogP contribution is -2.37. The average Bonchev–Trinajstić information content (AvgIpc) is 2.26. The average molecular weight is 238 g/mol. The third-order valence-corrected chi connectivity index (χ3v) is 3.87. The van der Waals surface area contributed by atoms with Gasteiger partial charge in [-0.15, -0.1) is 0 Å². The molecule has 1 aliphatic carbocycles. The van der Waals surface area contributed by atoms with Crippen LogP contribution in [0.5, 0.6) is 0 Å². The lowest BCUT2D eigenvalue weighted by atomic mass is 9.80. The molecule has 0 aliphatic heterocycles. The molecule has 1 aliphatic rings. The first-order valence-electron chi connectivity index (χ1n) is 6.63. The molecule has 98 valence electrons. The lowest BCUT2D eigenvalue weighted by molar-refractivity contribution is -0.0163. The van der Waals surface area contributed by atoms with Crippen LogP contribution in [0.2, 0.25) is 0 Å². The van der Waals surface area contributed by atoms with E-state index in [0.717, 1.165) is 31.3 Å². The van der Waals surface area contributed by atoms with Crippen LogP contribution in [0.15, 0.2) is 23.8 Å². The molecule has 2 heteroatoms. The highest BCUT2D eigenvalue weighted by Crippen LogP contribution is 2.29. The van der Waals surface area contributed by atoms with E-state index < -0.39 is 12.2 Å². The maximum Gasteiger partial charge on any atom is 0.101 e. The summed E-state index contributed by atoms with van der Waals surface area (Å²) >= 11 is 0. The molecule has 0 heterocycles. The predicted molar refractivity (Wildman–Crippen MR) is 71.7 cm³/mol. The Balaban J connectivity index is 2.87. The van der Waals surface area contributed by atoms with E-state index in [2.05, 4.69) is 33.4 Å². The summed E-state index contributed by atoms with van der Waals surface area (Å²) in [4.78, 5) is 0. The largest absolute Gasteiger partial charge is 0.390 e. The molecule has 1 rings (SSSR count). The molecule has 0 bridgehead atoms. The van der Waals surface area contributed by atoms with Crippen molar-refractivity contribution in [3.8, 4) is 0 Å². The molecule has 3 atom stereocenters. The number of aliphatic hydroxyl groups excluding tert-OH is 2. The summed E-state index contributed by atoms with van der Waals surface area (Å²) in [6.07, 6.45) is 4.42. The van der Waals surface area contributed by atoms with Crippen LogP contribution in [0.1, 0.15) is 46.5 Å². The molecule has 0 fully saturated rings. The summed E-state index contributed by atoms with van der Waals surface area (Å²) in [5, 5.41) is 20.3. The molecule has 0 aromatic rings. The van der Waals surface area contributed by atoms with E-state index in [4.69, 9.17) is 0 Å². The smallest absolute Gasteiger partial charge is 0.101 e. The van der Waals surface area contributed by atoms with Crippen molar-refractivity contribution in [1.29, 1.82) is 0 Å². The van der Waals surface area contributed by atoms with E-state index in [1.165, 1.54) is 5.57 Å². The van der Waals surface area contributed by atoms with Crippen LogP contribution in [0.25, 0.3) is 0 Å². The first-order chi connectivity index (χ1) is 7.93. The van der Waals surface area contributed by atoms with E-state index in [9.17, 15) is 10.2 Å².